The number of urea groups is 1. The molecule has 2 atom stereocenters. The van der Waals surface area contributed by atoms with Crippen LogP contribution in [0.5, 0.6) is 0 Å². The monoisotopic (exact) mass is 274 g/mol. The highest BCUT2D eigenvalue weighted by Gasteiger charge is 2.24. The first kappa shape index (κ1) is 15.6. The summed E-state index contributed by atoms with van der Waals surface area (Å²) in [6.07, 6.45) is 5.55. The van der Waals surface area contributed by atoms with Gasteiger partial charge in [-0.3, -0.25) is 0 Å². The number of thioether (sulfide) groups is 1. The van der Waals surface area contributed by atoms with Crippen molar-refractivity contribution in [2.24, 2.45) is 5.92 Å². The van der Waals surface area contributed by atoms with Gasteiger partial charge in [-0.1, -0.05) is 13.8 Å². The number of amides is 2. The molecule has 0 saturated heterocycles. The SMILES string of the molecule is CSC1CCC(NC(=O)NCCOCC(C)C)C1. The van der Waals surface area contributed by atoms with Crippen LogP contribution in [0.1, 0.15) is 33.1 Å². The van der Waals surface area contributed by atoms with Gasteiger partial charge in [-0.2, -0.15) is 11.8 Å². The summed E-state index contributed by atoms with van der Waals surface area (Å²) in [7, 11) is 0. The molecule has 0 bridgehead atoms. The van der Waals surface area contributed by atoms with Crippen LogP contribution in [-0.4, -0.2) is 43.3 Å². The molecule has 0 heterocycles. The van der Waals surface area contributed by atoms with Crippen molar-refractivity contribution in [1.82, 2.24) is 10.6 Å². The van der Waals surface area contributed by atoms with Gasteiger partial charge in [-0.25, -0.2) is 4.79 Å². The van der Waals surface area contributed by atoms with E-state index in [-0.39, 0.29) is 6.03 Å². The van der Waals surface area contributed by atoms with Gasteiger partial charge >= 0.3 is 6.03 Å². The van der Waals surface area contributed by atoms with Gasteiger partial charge in [-0.05, 0) is 31.4 Å². The van der Waals surface area contributed by atoms with Crippen LogP contribution in [0.2, 0.25) is 0 Å². The molecule has 2 amide bonds. The highest BCUT2D eigenvalue weighted by Crippen LogP contribution is 2.27. The molecule has 2 unspecified atom stereocenters. The molecular formula is C13H26N2O2S. The van der Waals surface area contributed by atoms with E-state index in [2.05, 4.69) is 30.7 Å². The van der Waals surface area contributed by atoms with E-state index in [1.54, 1.807) is 0 Å². The first-order valence-corrected chi connectivity index (χ1v) is 8.05. The summed E-state index contributed by atoms with van der Waals surface area (Å²) < 4.78 is 5.40. The quantitative estimate of drug-likeness (QED) is 0.700. The van der Waals surface area contributed by atoms with Crippen LogP contribution >= 0.6 is 11.8 Å². The number of carbonyl (C=O) groups is 1. The molecule has 106 valence electrons. The van der Waals surface area contributed by atoms with Crippen molar-refractivity contribution in [3.8, 4) is 0 Å². The maximum absolute atomic E-state index is 11.6. The Hall–Kier alpha value is -0.420. The lowest BCUT2D eigenvalue weighted by Gasteiger charge is -2.14. The third kappa shape index (κ3) is 6.50. The van der Waals surface area contributed by atoms with Crippen LogP contribution in [0, 0.1) is 5.92 Å². The standard InChI is InChI=1S/C13H26N2O2S/c1-10(2)9-17-7-6-14-13(16)15-11-4-5-12(8-11)18-3/h10-12H,4-9H2,1-3H3,(H2,14,15,16). The number of nitrogens with one attached hydrogen (secondary N) is 2. The minimum Gasteiger partial charge on any atom is -0.379 e. The summed E-state index contributed by atoms with van der Waals surface area (Å²) in [5, 5.41) is 6.57. The molecule has 1 rings (SSSR count). The lowest BCUT2D eigenvalue weighted by atomic mass is 10.2. The Morgan fingerprint density at radius 3 is 2.83 bits per heavy atom. The van der Waals surface area contributed by atoms with Crippen molar-refractivity contribution in [3.05, 3.63) is 0 Å². The van der Waals surface area contributed by atoms with E-state index in [1.165, 1.54) is 6.42 Å². The molecule has 2 N–H and O–H groups in total. The van der Waals surface area contributed by atoms with Gasteiger partial charge < -0.3 is 15.4 Å². The minimum atomic E-state index is -0.0603. The Morgan fingerprint density at radius 1 is 1.44 bits per heavy atom. The van der Waals surface area contributed by atoms with Crippen LogP contribution < -0.4 is 10.6 Å². The van der Waals surface area contributed by atoms with Gasteiger partial charge in [0.05, 0.1) is 6.61 Å². The minimum absolute atomic E-state index is 0.0603. The summed E-state index contributed by atoms with van der Waals surface area (Å²) in [4.78, 5) is 11.6. The van der Waals surface area contributed by atoms with Gasteiger partial charge in [0.1, 0.15) is 0 Å². The number of ether oxygens (including phenoxy) is 1. The van der Waals surface area contributed by atoms with Gasteiger partial charge in [0.15, 0.2) is 0 Å². The molecule has 1 aliphatic carbocycles. The third-order valence-electron chi connectivity index (χ3n) is 3.04. The van der Waals surface area contributed by atoms with Gasteiger partial charge in [-0.15, -0.1) is 0 Å². The summed E-state index contributed by atoms with van der Waals surface area (Å²) in [5.74, 6) is 0.542. The normalized spacial score (nSPS) is 23.3. The maximum atomic E-state index is 11.6. The second-order valence-corrected chi connectivity index (χ2v) is 6.37. The predicted octanol–water partition coefficient (Wildman–Crippen LogP) is 2.24. The molecule has 0 aromatic heterocycles. The molecule has 0 radical (unpaired) electrons. The van der Waals surface area contributed by atoms with Crippen molar-refractivity contribution in [2.75, 3.05) is 26.0 Å². The zero-order valence-corrected chi connectivity index (χ0v) is 12.5. The smallest absolute Gasteiger partial charge is 0.315 e. The van der Waals surface area contributed by atoms with E-state index in [0.29, 0.717) is 30.4 Å². The van der Waals surface area contributed by atoms with Crippen molar-refractivity contribution >= 4 is 17.8 Å². The largest absolute Gasteiger partial charge is 0.379 e. The molecule has 1 fully saturated rings. The Morgan fingerprint density at radius 2 is 2.22 bits per heavy atom. The molecule has 5 heteroatoms. The molecule has 4 nitrogen and oxygen atoms in total. The zero-order chi connectivity index (χ0) is 13.4. The third-order valence-corrected chi connectivity index (χ3v) is 4.13. The highest BCUT2D eigenvalue weighted by atomic mass is 32.2. The second-order valence-electron chi connectivity index (χ2n) is 5.24. The number of carbonyl (C=O) groups excluding carboxylic acids is 1. The first-order chi connectivity index (χ1) is 8.61. The summed E-state index contributed by atoms with van der Waals surface area (Å²) in [6.45, 7) is 6.15. The fourth-order valence-electron chi connectivity index (χ4n) is 2.08. The van der Waals surface area contributed by atoms with Crippen LogP contribution in [-0.2, 0) is 4.74 Å². The summed E-state index contributed by atoms with van der Waals surface area (Å²) in [6, 6.07) is 0.286. The van der Waals surface area contributed by atoms with Crippen molar-refractivity contribution < 1.29 is 9.53 Å². The average Bonchev–Trinajstić information content (AvgIpc) is 2.76. The van der Waals surface area contributed by atoms with Crippen molar-refractivity contribution in [3.63, 3.8) is 0 Å². The Bertz CT molecular complexity index is 249. The maximum Gasteiger partial charge on any atom is 0.315 e. The predicted molar refractivity (Wildman–Crippen MR) is 77.1 cm³/mol. The van der Waals surface area contributed by atoms with Gasteiger partial charge in [0, 0.05) is 24.4 Å². The average molecular weight is 274 g/mol. The van der Waals surface area contributed by atoms with Crippen molar-refractivity contribution in [1.29, 1.82) is 0 Å². The molecule has 0 spiro atoms. The van der Waals surface area contributed by atoms with Crippen LogP contribution in [0.25, 0.3) is 0 Å². The molecule has 0 aromatic carbocycles. The fourth-order valence-corrected chi connectivity index (χ4v) is 2.87. The van der Waals surface area contributed by atoms with Gasteiger partial charge in [0.2, 0.25) is 0 Å². The first-order valence-electron chi connectivity index (χ1n) is 6.76. The van der Waals surface area contributed by atoms with Crippen LogP contribution in [0.4, 0.5) is 4.79 Å². The molecule has 1 saturated carbocycles. The van der Waals surface area contributed by atoms with E-state index < -0.39 is 0 Å². The Labute approximate surface area is 115 Å². The number of hydrogen-bond donors (Lipinski definition) is 2. The van der Waals surface area contributed by atoms with E-state index >= 15 is 0 Å². The lowest BCUT2D eigenvalue weighted by molar-refractivity contribution is 0.112. The second kappa shape index (κ2) is 8.64. The fraction of sp³-hybridized carbons (Fsp3) is 0.923. The Balaban J connectivity index is 2.00. The number of rotatable bonds is 7. The van der Waals surface area contributed by atoms with E-state index in [1.807, 2.05) is 11.8 Å². The molecular weight excluding hydrogens is 248 g/mol. The van der Waals surface area contributed by atoms with Crippen LogP contribution in [0.3, 0.4) is 0 Å². The lowest BCUT2D eigenvalue weighted by Crippen LogP contribution is -2.42. The van der Waals surface area contributed by atoms with E-state index in [9.17, 15) is 4.79 Å². The molecule has 1 aliphatic rings. The zero-order valence-electron chi connectivity index (χ0n) is 11.7. The summed E-state index contributed by atoms with van der Waals surface area (Å²) in [5.41, 5.74) is 0. The van der Waals surface area contributed by atoms with Crippen molar-refractivity contribution in [2.45, 2.75) is 44.4 Å². The van der Waals surface area contributed by atoms with Gasteiger partial charge in [0.25, 0.3) is 0 Å². The van der Waals surface area contributed by atoms with E-state index in [4.69, 9.17) is 4.74 Å². The van der Waals surface area contributed by atoms with E-state index in [0.717, 1.165) is 19.4 Å². The molecule has 0 aliphatic heterocycles. The molecule has 18 heavy (non-hydrogen) atoms. The molecule has 0 aromatic rings. The van der Waals surface area contributed by atoms with Crippen LogP contribution in [0.15, 0.2) is 0 Å². The number of hydrogen-bond acceptors (Lipinski definition) is 3. The highest BCUT2D eigenvalue weighted by molar-refractivity contribution is 7.99. The topological polar surface area (TPSA) is 50.4 Å². The summed E-state index contributed by atoms with van der Waals surface area (Å²) >= 11 is 1.90. The Kier molecular flexibility index (Phi) is 7.51.